The van der Waals surface area contributed by atoms with Crippen molar-refractivity contribution in [1.82, 2.24) is 9.55 Å². The Balaban J connectivity index is 1.81. The normalized spacial score (nSPS) is 13.6. The molecule has 0 unspecified atom stereocenters. The molecule has 116 valence electrons. The average Bonchev–Trinajstić information content (AvgIpc) is 2.57. The second kappa shape index (κ2) is 5.48. The molecule has 2 aromatic carbocycles. The summed E-state index contributed by atoms with van der Waals surface area (Å²) >= 11 is 0. The number of hydrogen-bond donors (Lipinski definition) is 0. The van der Waals surface area contributed by atoms with Crippen molar-refractivity contribution in [2.45, 2.75) is 13.2 Å². The predicted octanol–water partition coefficient (Wildman–Crippen LogP) is 2.45. The Morgan fingerprint density at radius 2 is 2.13 bits per heavy atom. The van der Waals surface area contributed by atoms with E-state index in [1.807, 2.05) is 6.07 Å². The van der Waals surface area contributed by atoms with Crippen LogP contribution in [-0.2, 0) is 17.9 Å². The second-order valence-corrected chi connectivity index (χ2v) is 5.36. The summed E-state index contributed by atoms with van der Waals surface area (Å²) in [7, 11) is 0. The molecule has 0 N–H and O–H groups in total. The van der Waals surface area contributed by atoms with Crippen LogP contribution in [0.4, 0.5) is 4.39 Å². The number of rotatable bonds is 2. The van der Waals surface area contributed by atoms with Crippen LogP contribution in [0.5, 0.6) is 5.75 Å². The second-order valence-electron chi connectivity index (χ2n) is 5.36. The molecule has 0 bridgehead atoms. The van der Waals surface area contributed by atoms with Crippen LogP contribution in [0.1, 0.15) is 11.1 Å². The van der Waals surface area contributed by atoms with Gasteiger partial charge in [0.15, 0.2) is 6.79 Å². The van der Waals surface area contributed by atoms with Crippen molar-refractivity contribution in [3.8, 4) is 5.75 Å². The first-order valence-electron chi connectivity index (χ1n) is 7.18. The lowest BCUT2D eigenvalue weighted by Gasteiger charge is -2.21. The van der Waals surface area contributed by atoms with Crippen LogP contribution in [0, 0.1) is 5.82 Å². The molecule has 0 radical (unpaired) electrons. The van der Waals surface area contributed by atoms with Gasteiger partial charge in [-0.2, -0.15) is 0 Å². The summed E-state index contributed by atoms with van der Waals surface area (Å²) in [4.78, 5) is 16.8. The maximum Gasteiger partial charge on any atom is 0.261 e. The van der Waals surface area contributed by atoms with Gasteiger partial charge in [0.1, 0.15) is 11.6 Å². The van der Waals surface area contributed by atoms with Crippen molar-refractivity contribution < 1.29 is 13.9 Å². The molecule has 0 saturated heterocycles. The molecule has 0 atom stereocenters. The van der Waals surface area contributed by atoms with E-state index in [1.54, 1.807) is 18.2 Å². The molecule has 3 aromatic rings. The van der Waals surface area contributed by atoms with Crippen LogP contribution in [0.15, 0.2) is 47.5 Å². The van der Waals surface area contributed by atoms with Gasteiger partial charge < -0.3 is 9.47 Å². The fourth-order valence-electron chi connectivity index (χ4n) is 2.78. The first kappa shape index (κ1) is 13.9. The number of fused-ring (bicyclic) bond motifs is 2. The van der Waals surface area contributed by atoms with E-state index < -0.39 is 0 Å². The maximum absolute atomic E-state index is 13.8. The molecule has 0 amide bonds. The van der Waals surface area contributed by atoms with E-state index in [1.165, 1.54) is 23.0 Å². The lowest BCUT2D eigenvalue weighted by atomic mass is 10.1. The van der Waals surface area contributed by atoms with Crippen molar-refractivity contribution in [3.63, 3.8) is 0 Å². The highest BCUT2D eigenvalue weighted by Crippen LogP contribution is 2.29. The SMILES string of the molecule is O=c1c2ccccc2ncn1Cc1cc(F)cc2c1OCOC2. The number of nitrogens with zero attached hydrogens (tertiary/aromatic N) is 2. The molecule has 1 aromatic heterocycles. The van der Waals surface area contributed by atoms with Crippen molar-refractivity contribution in [1.29, 1.82) is 0 Å². The van der Waals surface area contributed by atoms with Crippen LogP contribution in [0.2, 0.25) is 0 Å². The van der Waals surface area contributed by atoms with Crippen LogP contribution in [0.25, 0.3) is 10.9 Å². The molecule has 1 aliphatic heterocycles. The Morgan fingerprint density at radius 3 is 3.04 bits per heavy atom. The maximum atomic E-state index is 13.8. The Kier molecular flexibility index (Phi) is 3.31. The van der Waals surface area contributed by atoms with Gasteiger partial charge in [0.2, 0.25) is 0 Å². The Labute approximate surface area is 130 Å². The minimum atomic E-state index is -0.380. The third-order valence-corrected chi connectivity index (χ3v) is 3.82. The van der Waals surface area contributed by atoms with Gasteiger partial charge in [-0.3, -0.25) is 9.36 Å². The van der Waals surface area contributed by atoms with E-state index in [0.29, 0.717) is 34.4 Å². The predicted molar refractivity (Wildman–Crippen MR) is 81.8 cm³/mol. The quantitative estimate of drug-likeness (QED) is 0.729. The van der Waals surface area contributed by atoms with E-state index in [4.69, 9.17) is 9.47 Å². The third-order valence-electron chi connectivity index (χ3n) is 3.82. The zero-order valence-corrected chi connectivity index (χ0v) is 12.2. The average molecular weight is 312 g/mol. The molecule has 0 aliphatic carbocycles. The fraction of sp³-hybridized carbons (Fsp3) is 0.176. The lowest BCUT2D eigenvalue weighted by molar-refractivity contribution is -0.0173. The molecule has 2 heterocycles. The summed E-state index contributed by atoms with van der Waals surface area (Å²) in [5, 5.41) is 0.532. The zero-order valence-electron chi connectivity index (χ0n) is 12.2. The van der Waals surface area contributed by atoms with Crippen LogP contribution in [0.3, 0.4) is 0 Å². The van der Waals surface area contributed by atoms with Gasteiger partial charge in [0, 0.05) is 11.1 Å². The van der Waals surface area contributed by atoms with Gasteiger partial charge in [-0.15, -0.1) is 0 Å². The highest BCUT2D eigenvalue weighted by atomic mass is 19.1. The summed E-state index contributed by atoms with van der Waals surface area (Å²) in [5.74, 6) is 0.201. The molecular formula is C17H13FN2O3. The number of halogens is 1. The van der Waals surface area contributed by atoms with E-state index in [9.17, 15) is 9.18 Å². The summed E-state index contributed by atoms with van der Waals surface area (Å²) in [6, 6.07) is 9.90. The number of benzene rings is 2. The number of aromatic nitrogens is 2. The molecule has 0 spiro atoms. The molecule has 6 heteroatoms. The Morgan fingerprint density at radius 1 is 1.26 bits per heavy atom. The third kappa shape index (κ3) is 2.47. The highest BCUT2D eigenvalue weighted by Gasteiger charge is 2.17. The lowest BCUT2D eigenvalue weighted by Crippen LogP contribution is -2.22. The smallest absolute Gasteiger partial charge is 0.261 e. The van der Waals surface area contributed by atoms with E-state index in [-0.39, 0.29) is 24.7 Å². The van der Waals surface area contributed by atoms with Crippen molar-refractivity contribution >= 4 is 10.9 Å². The minimum absolute atomic E-state index is 0.122. The topological polar surface area (TPSA) is 53.4 Å². The summed E-state index contributed by atoms with van der Waals surface area (Å²) in [5.41, 5.74) is 1.72. The first-order valence-corrected chi connectivity index (χ1v) is 7.18. The summed E-state index contributed by atoms with van der Waals surface area (Å²) in [6.07, 6.45) is 1.47. The minimum Gasteiger partial charge on any atom is -0.467 e. The summed E-state index contributed by atoms with van der Waals surface area (Å²) in [6.45, 7) is 0.609. The summed E-state index contributed by atoms with van der Waals surface area (Å²) < 4.78 is 25.9. The van der Waals surface area contributed by atoms with Gasteiger partial charge in [0.05, 0.1) is 30.4 Å². The molecule has 0 saturated carbocycles. The monoisotopic (exact) mass is 312 g/mol. The number of hydrogen-bond acceptors (Lipinski definition) is 4. The molecule has 5 nitrogen and oxygen atoms in total. The molecule has 1 aliphatic rings. The zero-order chi connectivity index (χ0) is 15.8. The van der Waals surface area contributed by atoms with Gasteiger partial charge in [0.25, 0.3) is 5.56 Å². The molecule has 23 heavy (non-hydrogen) atoms. The van der Waals surface area contributed by atoms with Crippen molar-refractivity contribution in [2.24, 2.45) is 0 Å². The van der Waals surface area contributed by atoms with Gasteiger partial charge in [-0.05, 0) is 24.3 Å². The number of para-hydroxylation sites is 1. The fourth-order valence-corrected chi connectivity index (χ4v) is 2.78. The van der Waals surface area contributed by atoms with Gasteiger partial charge in [-0.25, -0.2) is 9.37 Å². The van der Waals surface area contributed by atoms with Gasteiger partial charge >= 0.3 is 0 Å². The van der Waals surface area contributed by atoms with Gasteiger partial charge in [-0.1, -0.05) is 12.1 Å². The van der Waals surface area contributed by atoms with Crippen LogP contribution < -0.4 is 10.3 Å². The largest absolute Gasteiger partial charge is 0.467 e. The highest BCUT2D eigenvalue weighted by molar-refractivity contribution is 5.76. The van der Waals surface area contributed by atoms with E-state index >= 15 is 0 Å². The van der Waals surface area contributed by atoms with Crippen molar-refractivity contribution in [2.75, 3.05) is 6.79 Å². The van der Waals surface area contributed by atoms with Crippen LogP contribution in [-0.4, -0.2) is 16.3 Å². The van der Waals surface area contributed by atoms with E-state index in [2.05, 4.69) is 4.98 Å². The van der Waals surface area contributed by atoms with E-state index in [0.717, 1.165) is 0 Å². The Bertz CT molecular complexity index is 952. The standard InChI is InChI=1S/C17H13FN2O3/c18-13-5-11(16-12(6-13)8-22-10-23-16)7-20-9-19-15-4-2-1-3-14(15)17(20)21/h1-6,9H,7-8,10H2. The number of ether oxygens (including phenoxy) is 2. The molecule has 0 fully saturated rings. The molecular weight excluding hydrogens is 299 g/mol. The Hall–Kier alpha value is -2.73. The van der Waals surface area contributed by atoms with Crippen molar-refractivity contribution in [3.05, 3.63) is 70.0 Å². The first-order chi connectivity index (χ1) is 11.2. The van der Waals surface area contributed by atoms with Crippen LogP contribution >= 0.6 is 0 Å². The molecule has 4 rings (SSSR count).